The lowest BCUT2D eigenvalue weighted by Gasteiger charge is -2.36. The Kier molecular flexibility index (Phi) is 9.14. The molecule has 15 heteroatoms. The van der Waals surface area contributed by atoms with Gasteiger partial charge in [-0.2, -0.15) is 16.4 Å². The molecule has 0 radical (unpaired) electrons. The van der Waals surface area contributed by atoms with Crippen molar-refractivity contribution in [3.8, 4) is 28.8 Å². The summed E-state index contributed by atoms with van der Waals surface area (Å²) in [5.74, 6) is 3.65. The number of phenolic OH excluding ortho intramolecular Hbond substituents is 1. The quantitative estimate of drug-likeness (QED) is 0.227. The first kappa shape index (κ1) is 31.6. The lowest BCUT2D eigenvalue weighted by molar-refractivity contribution is -0.139. The number of thiophene rings is 1. The number of aromatic nitrogens is 2. The van der Waals surface area contributed by atoms with Gasteiger partial charge in [0, 0.05) is 41.6 Å². The summed E-state index contributed by atoms with van der Waals surface area (Å²) in [4.78, 5) is 39.4. The number of nitrogens with zero attached hydrogens (tertiary/aromatic N) is 3. The Balaban J connectivity index is 1.34. The number of aromatic hydroxyl groups is 1. The molecule has 1 saturated heterocycles. The van der Waals surface area contributed by atoms with Gasteiger partial charge in [0.05, 0.1) is 17.1 Å². The highest BCUT2D eigenvalue weighted by molar-refractivity contribution is 7.91. The van der Waals surface area contributed by atoms with Gasteiger partial charge in [0.2, 0.25) is 5.91 Å². The van der Waals surface area contributed by atoms with Crippen LogP contribution >= 0.6 is 22.9 Å². The summed E-state index contributed by atoms with van der Waals surface area (Å²) in [5, 5.41) is 32.6. The summed E-state index contributed by atoms with van der Waals surface area (Å²) < 4.78 is 26.5. The van der Waals surface area contributed by atoms with Gasteiger partial charge in [0.15, 0.2) is 9.84 Å². The van der Waals surface area contributed by atoms with E-state index in [1.807, 2.05) is 0 Å². The summed E-state index contributed by atoms with van der Waals surface area (Å²) in [6.07, 6.45) is 0.271. The van der Waals surface area contributed by atoms with Crippen molar-refractivity contribution in [3.63, 3.8) is 0 Å². The van der Waals surface area contributed by atoms with Crippen LogP contribution in [0.15, 0.2) is 65.5 Å². The van der Waals surface area contributed by atoms with Crippen molar-refractivity contribution in [1.82, 2.24) is 20.0 Å². The minimum atomic E-state index is -3.64. The highest BCUT2D eigenvalue weighted by Gasteiger charge is 2.41. The van der Waals surface area contributed by atoms with Gasteiger partial charge in [-0.15, -0.1) is 0 Å². The van der Waals surface area contributed by atoms with Crippen molar-refractivity contribution >= 4 is 56.4 Å². The molecule has 0 saturated carbocycles. The number of hydrogen-bond acceptors (Lipinski definition) is 8. The first-order valence-electron chi connectivity index (χ1n) is 13.4. The van der Waals surface area contributed by atoms with Crippen LogP contribution in [0.3, 0.4) is 0 Å². The van der Waals surface area contributed by atoms with Crippen LogP contribution in [-0.2, 0) is 26.5 Å². The smallest absolute Gasteiger partial charge is 0.405 e. The molecular formula is C30H26ClN5O7S2. The Bertz CT molecular complexity index is 1930. The molecule has 0 spiro atoms. The fourth-order valence-electron chi connectivity index (χ4n) is 4.78. The Morgan fingerprint density at radius 3 is 2.58 bits per heavy atom. The van der Waals surface area contributed by atoms with Crippen molar-refractivity contribution in [2.24, 2.45) is 7.05 Å². The average Bonchev–Trinajstić information content (AvgIpc) is 3.66. The van der Waals surface area contributed by atoms with Gasteiger partial charge in [0.1, 0.15) is 23.5 Å². The number of sulfone groups is 1. The molecule has 5 rings (SSSR count). The zero-order valence-electron chi connectivity index (χ0n) is 23.6. The minimum Gasteiger partial charge on any atom is -0.507 e. The van der Waals surface area contributed by atoms with E-state index in [9.17, 15) is 33.0 Å². The Morgan fingerprint density at radius 2 is 1.89 bits per heavy atom. The number of carboxylic acid groups (broad SMARTS) is 1. The molecule has 1 aliphatic heterocycles. The van der Waals surface area contributed by atoms with E-state index in [1.165, 1.54) is 17.4 Å². The van der Waals surface area contributed by atoms with E-state index >= 15 is 0 Å². The molecule has 45 heavy (non-hydrogen) atoms. The molecule has 2 atom stereocenters. The van der Waals surface area contributed by atoms with Gasteiger partial charge in [-0.25, -0.2) is 13.2 Å². The fourth-order valence-corrected chi connectivity index (χ4v) is 7.10. The third-order valence-corrected chi connectivity index (χ3v) is 9.51. The fraction of sp³-hybridized carbons (Fsp3) is 0.200. The summed E-state index contributed by atoms with van der Waals surface area (Å²) in [7, 11) is -1.92. The maximum absolute atomic E-state index is 13.5. The summed E-state index contributed by atoms with van der Waals surface area (Å²) >= 11 is 7.37. The number of carbonyl (C=O) groups is 3. The molecule has 2 aromatic carbocycles. The number of amides is 3. The first-order chi connectivity index (χ1) is 21.4. The molecule has 3 amide bonds. The lowest BCUT2D eigenvalue weighted by Crippen LogP contribution is -2.58. The summed E-state index contributed by atoms with van der Waals surface area (Å²) in [6, 6.07) is 10.0. The van der Waals surface area contributed by atoms with Crippen LogP contribution in [-0.4, -0.2) is 75.3 Å². The van der Waals surface area contributed by atoms with Crippen molar-refractivity contribution in [3.05, 3.63) is 87.2 Å². The number of hydrogen-bond donors (Lipinski definition) is 4. The predicted octanol–water partition coefficient (Wildman–Crippen LogP) is 3.48. The van der Waals surface area contributed by atoms with Crippen LogP contribution < -0.4 is 10.6 Å². The van der Waals surface area contributed by atoms with Gasteiger partial charge >= 0.3 is 6.09 Å². The van der Waals surface area contributed by atoms with E-state index in [2.05, 4.69) is 27.6 Å². The number of carbonyl (C=O) groups excluding carboxylic acids is 2. The maximum Gasteiger partial charge on any atom is 0.405 e. The number of phenols is 1. The summed E-state index contributed by atoms with van der Waals surface area (Å²) in [5.41, 5.74) is 2.75. The van der Waals surface area contributed by atoms with Gasteiger partial charge in [-0.1, -0.05) is 23.4 Å². The molecule has 2 aromatic heterocycles. The third kappa shape index (κ3) is 7.46. The molecule has 1 fully saturated rings. The van der Waals surface area contributed by atoms with E-state index in [-0.39, 0.29) is 18.0 Å². The maximum atomic E-state index is 13.5. The van der Waals surface area contributed by atoms with E-state index in [0.29, 0.717) is 38.7 Å². The van der Waals surface area contributed by atoms with Crippen LogP contribution in [0.2, 0.25) is 5.02 Å². The van der Waals surface area contributed by atoms with E-state index < -0.39 is 45.6 Å². The van der Waals surface area contributed by atoms with Crippen molar-refractivity contribution in [2.45, 2.75) is 12.1 Å². The average molecular weight is 668 g/mol. The number of rotatable bonds is 6. The van der Waals surface area contributed by atoms with Crippen molar-refractivity contribution in [1.29, 1.82) is 0 Å². The zero-order valence-corrected chi connectivity index (χ0v) is 26.0. The minimum absolute atomic E-state index is 0.00686. The van der Waals surface area contributed by atoms with E-state index in [1.54, 1.807) is 71.2 Å². The molecule has 1 unspecified atom stereocenters. The molecule has 4 N–H and O–H groups in total. The topological polar surface area (TPSA) is 171 Å². The molecule has 0 aliphatic carbocycles. The normalized spacial score (nSPS) is 16.2. The molecule has 3 heterocycles. The SMILES string of the molecule is Cn1cc(C#Cc2ccc(NC(=O)[C@@H]3CS(=O)(=O)CCN3C(=O)C(NC(=O)O)c3ccsc3)cc2)c(-c2cc(Cl)ccc2O)n1. The highest BCUT2D eigenvalue weighted by Crippen LogP contribution is 2.32. The molecule has 232 valence electrons. The van der Waals surface area contributed by atoms with Crippen LogP contribution in [0.5, 0.6) is 5.75 Å². The standard InChI is InChI=1S/C30H26ClN5O7S2/c1-35-15-19(26(34-35)23-14-21(31)6-9-25(23)37)5-2-18-3-7-22(8-4-18)32-28(38)24-17-45(42,43)13-11-36(24)29(39)27(33-30(40)41)20-10-12-44-16-20/h3-4,6-10,12,14-16,24,27,33,37H,11,13,17H2,1H3,(H,32,38)(H,40,41)/t24-,27?/m0/s1. The molecular weight excluding hydrogens is 642 g/mol. The monoisotopic (exact) mass is 667 g/mol. The first-order valence-corrected chi connectivity index (χ1v) is 16.5. The van der Waals surface area contributed by atoms with E-state index in [4.69, 9.17) is 11.6 Å². The van der Waals surface area contributed by atoms with Crippen molar-refractivity contribution < 1.29 is 33.0 Å². The Labute approximate surface area is 267 Å². The zero-order chi connectivity index (χ0) is 32.3. The van der Waals surface area contributed by atoms with Crippen LogP contribution in [0.1, 0.15) is 22.7 Å². The number of nitrogens with one attached hydrogen (secondary N) is 2. The van der Waals surface area contributed by atoms with Crippen LogP contribution in [0, 0.1) is 11.8 Å². The number of halogens is 1. The summed E-state index contributed by atoms with van der Waals surface area (Å²) in [6.45, 7) is -0.265. The second-order valence-corrected chi connectivity index (χ2v) is 13.6. The van der Waals surface area contributed by atoms with Gasteiger partial charge < -0.3 is 25.7 Å². The number of anilines is 1. The van der Waals surface area contributed by atoms with Crippen molar-refractivity contribution in [2.75, 3.05) is 23.4 Å². The van der Waals surface area contributed by atoms with Gasteiger partial charge in [-0.3, -0.25) is 14.3 Å². The number of benzene rings is 2. The van der Waals surface area contributed by atoms with Crippen LogP contribution in [0.4, 0.5) is 10.5 Å². The van der Waals surface area contributed by atoms with E-state index in [0.717, 1.165) is 4.90 Å². The predicted molar refractivity (Wildman–Crippen MR) is 169 cm³/mol. The molecule has 12 nitrogen and oxygen atoms in total. The molecule has 0 bridgehead atoms. The largest absolute Gasteiger partial charge is 0.507 e. The second kappa shape index (κ2) is 13.0. The molecule has 1 aliphatic rings. The Morgan fingerprint density at radius 1 is 1.13 bits per heavy atom. The Hall–Kier alpha value is -4.84. The molecule has 4 aromatic rings. The lowest BCUT2D eigenvalue weighted by atomic mass is 10.1. The number of aryl methyl sites for hydroxylation is 1. The van der Waals surface area contributed by atoms with Gasteiger partial charge in [0.25, 0.3) is 5.91 Å². The second-order valence-electron chi connectivity index (χ2n) is 10.1. The third-order valence-electron chi connectivity index (χ3n) is 6.94. The van der Waals surface area contributed by atoms with Gasteiger partial charge in [-0.05, 0) is 64.9 Å². The highest BCUT2D eigenvalue weighted by atomic mass is 35.5. The van der Waals surface area contributed by atoms with Crippen LogP contribution in [0.25, 0.3) is 11.3 Å².